The lowest BCUT2D eigenvalue weighted by Gasteiger charge is -2.22. The summed E-state index contributed by atoms with van der Waals surface area (Å²) in [4.78, 5) is 8.72. The van der Waals surface area contributed by atoms with E-state index in [1.807, 2.05) is 16.8 Å². The number of anilines is 2. The molecule has 3 rings (SSSR count). The fraction of sp³-hybridized carbons (Fsp3) is 0.500. The minimum Gasteiger partial charge on any atom is -0.381 e. The van der Waals surface area contributed by atoms with Crippen LogP contribution in [0.4, 0.5) is 11.6 Å². The third kappa shape index (κ3) is 2.61. The summed E-state index contributed by atoms with van der Waals surface area (Å²) in [6.45, 7) is 2.58. The van der Waals surface area contributed by atoms with Gasteiger partial charge in [0.15, 0.2) is 17.3 Å². The molecule has 0 aliphatic carbocycles. The van der Waals surface area contributed by atoms with Gasteiger partial charge in [-0.3, -0.25) is 0 Å². The van der Waals surface area contributed by atoms with Crippen molar-refractivity contribution in [2.24, 2.45) is 11.8 Å². The first-order valence-electron chi connectivity index (χ1n) is 6.49. The molecule has 0 atom stereocenters. The van der Waals surface area contributed by atoms with Crippen LogP contribution in [0, 0.1) is 5.92 Å². The van der Waals surface area contributed by atoms with Crippen molar-refractivity contribution in [2.45, 2.75) is 12.8 Å². The molecule has 2 aromatic heterocycles. The summed E-state index contributed by atoms with van der Waals surface area (Å²) in [5.74, 6) is 7.42. The molecule has 7 heteroatoms. The summed E-state index contributed by atoms with van der Waals surface area (Å²) >= 11 is 0. The molecule has 102 valence electrons. The van der Waals surface area contributed by atoms with E-state index in [1.165, 1.54) is 0 Å². The van der Waals surface area contributed by atoms with Crippen molar-refractivity contribution in [3.05, 3.63) is 18.6 Å². The molecule has 0 spiro atoms. The Bertz CT molecular complexity index is 548. The van der Waals surface area contributed by atoms with E-state index < -0.39 is 0 Å². The molecular formula is C12H18N6O. The van der Waals surface area contributed by atoms with Crippen LogP contribution >= 0.6 is 0 Å². The fourth-order valence-corrected chi connectivity index (χ4v) is 2.31. The molecule has 2 aromatic rings. The summed E-state index contributed by atoms with van der Waals surface area (Å²) < 4.78 is 7.26. The summed E-state index contributed by atoms with van der Waals surface area (Å²) in [5.41, 5.74) is 3.38. The second kappa shape index (κ2) is 5.41. The van der Waals surface area contributed by atoms with Gasteiger partial charge >= 0.3 is 0 Å². The van der Waals surface area contributed by atoms with Gasteiger partial charge in [-0.25, -0.2) is 15.8 Å². The number of hydrogen-bond acceptors (Lipinski definition) is 6. The first-order chi connectivity index (χ1) is 9.36. The van der Waals surface area contributed by atoms with Crippen LogP contribution in [0.1, 0.15) is 12.8 Å². The molecular weight excluding hydrogens is 244 g/mol. The standard InChI is InChI=1S/C12H18N6O/c13-17-10-8-18-4-3-14-12(18)11(16-10)15-7-9-1-5-19-6-2-9/h3-4,8-9,17H,1-2,5-7,13H2,(H,15,16). The number of nitrogens with one attached hydrogen (secondary N) is 2. The highest BCUT2D eigenvalue weighted by Crippen LogP contribution is 2.19. The maximum absolute atomic E-state index is 5.43. The number of ether oxygens (including phenoxy) is 1. The largest absolute Gasteiger partial charge is 0.381 e. The van der Waals surface area contributed by atoms with E-state index in [9.17, 15) is 0 Å². The van der Waals surface area contributed by atoms with Crippen molar-refractivity contribution in [3.63, 3.8) is 0 Å². The number of nitrogen functional groups attached to an aromatic ring is 1. The number of aromatic nitrogens is 3. The number of fused-ring (bicyclic) bond motifs is 1. The molecule has 19 heavy (non-hydrogen) atoms. The Morgan fingerprint density at radius 2 is 2.26 bits per heavy atom. The zero-order valence-electron chi connectivity index (χ0n) is 10.7. The number of hydrogen-bond donors (Lipinski definition) is 3. The van der Waals surface area contributed by atoms with Crippen LogP contribution in [-0.4, -0.2) is 34.1 Å². The Morgan fingerprint density at radius 3 is 3.05 bits per heavy atom. The van der Waals surface area contributed by atoms with Crippen molar-refractivity contribution in [1.82, 2.24) is 14.4 Å². The van der Waals surface area contributed by atoms with Crippen molar-refractivity contribution in [3.8, 4) is 0 Å². The molecule has 0 unspecified atom stereocenters. The first kappa shape index (κ1) is 12.2. The minimum atomic E-state index is 0.611. The number of hydrazine groups is 1. The quantitative estimate of drug-likeness (QED) is 0.559. The molecule has 0 bridgehead atoms. The Balaban J connectivity index is 1.77. The lowest BCUT2D eigenvalue weighted by molar-refractivity contribution is 0.0699. The topological polar surface area (TPSA) is 89.5 Å². The molecule has 1 aliphatic heterocycles. The predicted octanol–water partition coefficient (Wildman–Crippen LogP) is 0.853. The summed E-state index contributed by atoms with van der Waals surface area (Å²) in [6.07, 6.45) is 7.61. The van der Waals surface area contributed by atoms with Gasteiger partial charge in [-0.05, 0) is 18.8 Å². The van der Waals surface area contributed by atoms with Gasteiger partial charge in [0.05, 0.1) is 6.20 Å². The average Bonchev–Trinajstić information content (AvgIpc) is 2.94. The zero-order chi connectivity index (χ0) is 13.1. The van der Waals surface area contributed by atoms with E-state index in [2.05, 4.69) is 20.7 Å². The molecule has 0 aromatic carbocycles. The van der Waals surface area contributed by atoms with E-state index >= 15 is 0 Å². The van der Waals surface area contributed by atoms with Gasteiger partial charge in [0, 0.05) is 32.2 Å². The van der Waals surface area contributed by atoms with Crippen LogP contribution in [0.25, 0.3) is 5.65 Å². The summed E-state index contributed by atoms with van der Waals surface area (Å²) in [7, 11) is 0. The molecule has 1 saturated heterocycles. The number of nitrogens with two attached hydrogens (primary N) is 1. The van der Waals surface area contributed by atoms with Crippen LogP contribution in [0.3, 0.4) is 0 Å². The van der Waals surface area contributed by atoms with Crippen LogP contribution in [0.2, 0.25) is 0 Å². The Hall–Kier alpha value is -1.86. The average molecular weight is 262 g/mol. The van der Waals surface area contributed by atoms with Gasteiger partial charge in [-0.15, -0.1) is 0 Å². The zero-order valence-corrected chi connectivity index (χ0v) is 10.7. The molecule has 7 nitrogen and oxygen atoms in total. The van der Waals surface area contributed by atoms with E-state index in [0.717, 1.165) is 44.1 Å². The fourth-order valence-electron chi connectivity index (χ4n) is 2.31. The third-order valence-electron chi connectivity index (χ3n) is 3.42. The van der Waals surface area contributed by atoms with Crippen molar-refractivity contribution < 1.29 is 4.74 Å². The second-order valence-corrected chi connectivity index (χ2v) is 4.71. The normalized spacial score (nSPS) is 16.7. The van der Waals surface area contributed by atoms with E-state index in [1.54, 1.807) is 6.20 Å². The summed E-state index contributed by atoms with van der Waals surface area (Å²) in [6, 6.07) is 0. The third-order valence-corrected chi connectivity index (χ3v) is 3.42. The van der Waals surface area contributed by atoms with Gasteiger partial charge < -0.3 is 19.9 Å². The van der Waals surface area contributed by atoms with Gasteiger partial charge in [0.2, 0.25) is 0 Å². The highest BCUT2D eigenvalue weighted by Gasteiger charge is 2.15. The highest BCUT2D eigenvalue weighted by molar-refractivity contribution is 5.65. The first-order valence-corrected chi connectivity index (χ1v) is 6.49. The van der Waals surface area contributed by atoms with Crippen molar-refractivity contribution >= 4 is 17.3 Å². The van der Waals surface area contributed by atoms with E-state index in [4.69, 9.17) is 10.6 Å². The number of rotatable bonds is 4. The highest BCUT2D eigenvalue weighted by atomic mass is 16.5. The molecule has 1 aliphatic rings. The Labute approximate surface area is 111 Å². The Morgan fingerprint density at radius 1 is 1.42 bits per heavy atom. The van der Waals surface area contributed by atoms with Gasteiger partial charge in [0.25, 0.3) is 0 Å². The van der Waals surface area contributed by atoms with E-state index in [-0.39, 0.29) is 0 Å². The minimum absolute atomic E-state index is 0.611. The van der Waals surface area contributed by atoms with Crippen molar-refractivity contribution in [2.75, 3.05) is 30.5 Å². The molecule has 0 amide bonds. The van der Waals surface area contributed by atoms with E-state index in [0.29, 0.717) is 11.7 Å². The molecule has 3 heterocycles. The van der Waals surface area contributed by atoms with Gasteiger partial charge in [-0.2, -0.15) is 0 Å². The van der Waals surface area contributed by atoms with Crippen LogP contribution in [0.15, 0.2) is 18.6 Å². The number of nitrogens with zero attached hydrogens (tertiary/aromatic N) is 3. The maximum Gasteiger partial charge on any atom is 0.180 e. The van der Waals surface area contributed by atoms with Gasteiger partial charge in [-0.1, -0.05) is 0 Å². The monoisotopic (exact) mass is 262 g/mol. The van der Waals surface area contributed by atoms with Gasteiger partial charge in [0.1, 0.15) is 0 Å². The SMILES string of the molecule is NNc1cn2ccnc2c(NCC2CCOCC2)n1. The molecule has 0 saturated carbocycles. The number of imidazole rings is 1. The smallest absolute Gasteiger partial charge is 0.180 e. The van der Waals surface area contributed by atoms with Crippen LogP contribution < -0.4 is 16.6 Å². The molecule has 0 radical (unpaired) electrons. The predicted molar refractivity (Wildman–Crippen MR) is 72.8 cm³/mol. The van der Waals surface area contributed by atoms with Crippen molar-refractivity contribution in [1.29, 1.82) is 0 Å². The lowest BCUT2D eigenvalue weighted by atomic mass is 10.0. The Kier molecular flexibility index (Phi) is 3.47. The molecule has 4 N–H and O–H groups in total. The molecule has 1 fully saturated rings. The lowest BCUT2D eigenvalue weighted by Crippen LogP contribution is -2.23. The second-order valence-electron chi connectivity index (χ2n) is 4.71. The van der Waals surface area contributed by atoms with Crippen LogP contribution in [-0.2, 0) is 4.74 Å². The summed E-state index contributed by atoms with van der Waals surface area (Å²) in [5, 5.41) is 3.37. The maximum atomic E-state index is 5.43. The van der Waals surface area contributed by atoms with Crippen LogP contribution in [0.5, 0.6) is 0 Å².